The smallest absolute Gasteiger partial charge is 0.304 e. The van der Waals surface area contributed by atoms with Gasteiger partial charge in [0.25, 0.3) is 0 Å². The lowest BCUT2D eigenvalue weighted by atomic mass is 9.97. The van der Waals surface area contributed by atoms with Gasteiger partial charge < -0.3 is 9.84 Å². The Balaban J connectivity index is 2.58. The van der Waals surface area contributed by atoms with Crippen molar-refractivity contribution in [2.45, 2.75) is 37.9 Å². The zero-order valence-electron chi connectivity index (χ0n) is 10.6. The van der Waals surface area contributed by atoms with Gasteiger partial charge in [0.15, 0.2) is 0 Å². The number of carboxylic acid groups (broad SMARTS) is 1. The van der Waals surface area contributed by atoms with E-state index in [1.54, 1.807) is 0 Å². The first-order valence-electron chi connectivity index (χ1n) is 5.88. The zero-order chi connectivity index (χ0) is 13.8. The van der Waals surface area contributed by atoms with Gasteiger partial charge in [0.05, 0.1) is 17.8 Å². The number of hydrogen-bond donors (Lipinski definition) is 1. The molecule has 1 aliphatic carbocycles. The van der Waals surface area contributed by atoms with Crippen molar-refractivity contribution in [3.05, 3.63) is 0 Å². The van der Waals surface area contributed by atoms with Crippen molar-refractivity contribution in [2.24, 2.45) is 5.92 Å². The van der Waals surface area contributed by atoms with Crippen molar-refractivity contribution in [2.75, 3.05) is 12.4 Å². The summed E-state index contributed by atoms with van der Waals surface area (Å²) in [4.78, 5) is 33.2. The van der Waals surface area contributed by atoms with Crippen molar-refractivity contribution in [1.29, 1.82) is 0 Å². The Morgan fingerprint density at radius 2 is 2.22 bits per heavy atom. The van der Waals surface area contributed by atoms with Crippen LogP contribution in [0.3, 0.4) is 0 Å². The molecule has 0 aromatic rings. The molecule has 5 nitrogen and oxygen atoms in total. The largest absolute Gasteiger partial charge is 0.481 e. The Morgan fingerprint density at radius 1 is 1.56 bits per heavy atom. The van der Waals surface area contributed by atoms with Crippen LogP contribution in [0, 0.1) is 5.92 Å². The molecule has 1 rings (SSSR count). The summed E-state index contributed by atoms with van der Waals surface area (Å²) < 4.78 is 4.36. The number of rotatable bonds is 6. The molecular formula is C12H18O5S. The highest BCUT2D eigenvalue weighted by Crippen LogP contribution is 2.43. The molecule has 0 spiro atoms. The molecule has 0 unspecified atom stereocenters. The van der Waals surface area contributed by atoms with Crippen molar-refractivity contribution in [1.82, 2.24) is 0 Å². The number of Topliss-reactive ketones (excluding diaryl/α,β-unsaturated/α-hetero) is 1. The van der Waals surface area contributed by atoms with Gasteiger partial charge in [-0.05, 0) is 13.3 Å². The Kier molecular flexibility index (Phi) is 5.19. The minimum absolute atomic E-state index is 0.0207. The van der Waals surface area contributed by atoms with Crippen LogP contribution in [0.1, 0.15) is 33.1 Å². The topological polar surface area (TPSA) is 80.7 Å². The van der Waals surface area contributed by atoms with Gasteiger partial charge in [-0.2, -0.15) is 0 Å². The Labute approximate surface area is 110 Å². The second-order valence-corrected chi connectivity index (χ2v) is 6.11. The number of carboxylic acids is 1. The van der Waals surface area contributed by atoms with E-state index in [2.05, 4.69) is 0 Å². The number of esters is 1. The summed E-state index contributed by atoms with van der Waals surface area (Å²) in [7, 11) is 0. The number of aliphatic carboxylic acids is 1. The van der Waals surface area contributed by atoms with Crippen LogP contribution >= 0.6 is 11.8 Å². The van der Waals surface area contributed by atoms with Gasteiger partial charge in [0.2, 0.25) is 0 Å². The SMILES string of the molecule is CC(=O)OC[C@H]1CCC(=O)[C@@]1(C)SCCC(=O)O. The predicted molar refractivity (Wildman–Crippen MR) is 67.5 cm³/mol. The van der Waals surface area contributed by atoms with Gasteiger partial charge in [0, 0.05) is 25.0 Å². The maximum atomic E-state index is 11.9. The molecule has 0 saturated heterocycles. The molecule has 1 fully saturated rings. The fraction of sp³-hybridized carbons (Fsp3) is 0.750. The monoisotopic (exact) mass is 274 g/mol. The fourth-order valence-corrected chi connectivity index (χ4v) is 3.45. The van der Waals surface area contributed by atoms with Crippen molar-refractivity contribution in [3.63, 3.8) is 0 Å². The van der Waals surface area contributed by atoms with Crippen LogP contribution < -0.4 is 0 Å². The van der Waals surface area contributed by atoms with Crippen LogP contribution in [-0.2, 0) is 19.1 Å². The lowest BCUT2D eigenvalue weighted by Gasteiger charge is -2.28. The Morgan fingerprint density at radius 3 is 2.78 bits per heavy atom. The molecule has 0 aliphatic heterocycles. The van der Waals surface area contributed by atoms with E-state index >= 15 is 0 Å². The van der Waals surface area contributed by atoms with Gasteiger partial charge >= 0.3 is 11.9 Å². The summed E-state index contributed by atoms with van der Waals surface area (Å²) in [6, 6.07) is 0. The van der Waals surface area contributed by atoms with Gasteiger partial charge in [-0.15, -0.1) is 11.8 Å². The van der Waals surface area contributed by atoms with Gasteiger partial charge in [-0.25, -0.2) is 0 Å². The molecule has 0 bridgehead atoms. The average Bonchev–Trinajstić information content (AvgIpc) is 2.53. The molecule has 18 heavy (non-hydrogen) atoms. The first-order chi connectivity index (χ1) is 8.36. The molecule has 2 atom stereocenters. The Bertz CT molecular complexity index is 354. The minimum atomic E-state index is -0.868. The highest BCUT2D eigenvalue weighted by atomic mass is 32.2. The normalized spacial score (nSPS) is 27.2. The number of carbonyl (C=O) groups is 3. The first-order valence-corrected chi connectivity index (χ1v) is 6.87. The van der Waals surface area contributed by atoms with Crippen molar-refractivity contribution in [3.8, 4) is 0 Å². The number of hydrogen-bond acceptors (Lipinski definition) is 5. The summed E-state index contributed by atoms with van der Waals surface area (Å²) in [6.07, 6.45) is 1.21. The summed E-state index contributed by atoms with van der Waals surface area (Å²) >= 11 is 1.36. The molecule has 6 heteroatoms. The second-order valence-electron chi connectivity index (χ2n) is 4.56. The number of ether oxygens (including phenoxy) is 1. The fourth-order valence-electron chi connectivity index (χ4n) is 2.07. The van der Waals surface area contributed by atoms with Crippen LogP contribution in [0.4, 0.5) is 0 Å². The molecule has 0 aromatic heterocycles. The van der Waals surface area contributed by atoms with E-state index in [0.717, 1.165) is 0 Å². The van der Waals surface area contributed by atoms with E-state index in [1.807, 2.05) is 6.92 Å². The van der Waals surface area contributed by atoms with Crippen LogP contribution in [0.25, 0.3) is 0 Å². The third-order valence-electron chi connectivity index (χ3n) is 3.26. The first kappa shape index (κ1) is 15.0. The van der Waals surface area contributed by atoms with Gasteiger partial charge in [-0.1, -0.05) is 0 Å². The molecule has 1 saturated carbocycles. The van der Waals surface area contributed by atoms with Gasteiger partial charge in [0.1, 0.15) is 5.78 Å². The van der Waals surface area contributed by atoms with E-state index in [-0.39, 0.29) is 30.7 Å². The summed E-state index contributed by atoms with van der Waals surface area (Å²) in [5, 5.41) is 8.61. The van der Waals surface area contributed by atoms with Crippen LogP contribution in [0.15, 0.2) is 0 Å². The van der Waals surface area contributed by atoms with Crippen LogP contribution in [0.5, 0.6) is 0 Å². The molecular weight excluding hydrogens is 256 g/mol. The third-order valence-corrected chi connectivity index (χ3v) is 4.83. The summed E-state index contributed by atoms with van der Waals surface area (Å²) in [5.74, 6) is -0.725. The van der Waals surface area contributed by atoms with Crippen molar-refractivity contribution >= 4 is 29.5 Å². The molecule has 102 valence electrons. The summed E-state index contributed by atoms with van der Waals surface area (Å²) in [5.41, 5.74) is 0. The molecule has 0 heterocycles. The maximum Gasteiger partial charge on any atom is 0.304 e. The maximum absolute atomic E-state index is 11.9. The van der Waals surface area contributed by atoms with Crippen LogP contribution in [-0.4, -0.2) is 39.9 Å². The molecule has 1 aliphatic rings. The average molecular weight is 274 g/mol. The van der Waals surface area contributed by atoms with Gasteiger partial charge in [-0.3, -0.25) is 14.4 Å². The van der Waals surface area contributed by atoms with E-state index in [4.69, 9.17) is 9.84 Å². The highest BCUT2D eigenvalue weighted by molar-refractivity contribution is 8.01. The molecule has 0 radical (unpaired) electrons. The lowest BCUT2D eigenvalue weighted by molar-refractivity contribution is -0.142. The zero-order valence-corrected chi connectivity index (χ0v) is 11.4. The number of carbonyl (C=O) groups excluding carboxylic acids is 2. The number of thioether (sulfide) groups is 1. The highest BCUT2D eigenvalue weighted by Gasteiger charge is 2.46. The summed E-state index contributed by atoms with van der Waals surface area (Å²) in [6.45, 7) is 3.40. The minimum Gasteiger partial charge on any atom is -0.481 e. The second kappa shape index (κ2) is 6.22. The Hall–Kier alpha value is -1.04. The lowest BCUT2D eigenvalue weighted by Crippen LogP contribution is -2.36. The molecule has 0 aromatic carbocycles. The van der Waals surface area contributed by atoms with Crippen molar-refractivity contribution < 1.29 is 24.2 Å². The molecule has 0 amide bonds. The third kappa shape index (κ3) is 3.73. The van der Waals surface area contributed by atoms with E-state index in [9.17, 15) is 14.4 Å². The van der Waals surface area contributed by atoms with E-state index in [0.29, 0.717) is 18.6 Å². The van der Waals surface area contributed by atoms with E-state index in [1.165, 1.54) is 18.7 Å². The number of ketones is 1. The standard InChI is InChI=1S/C12H18O5S/c1-8(13)17-7-9-3-4-10(14)12(9,2)18-6-5-11(15)16/h9H,3-7H2,1-2H3,(H,15,16)/t9-,12+/m1/s1. The van der Waals surface area contributed by atoms with Crippen LogP contribution in [0.2, 0.25) is 0 Å². The molecule has 1 N–H and O–H groups in total. The predicted octanol–water partition coefficient (Wildman–Crippen LogP) is 1.50. The van der Waals surface area contributed by atoms with E-state index < -0.39 is 10.7 Å². The quantitative estimate of drug-likeness (QED) is 0.739.